The van der Waals surface area contributed by atoms with E-state index in [1.54, 1.807) is 17.0 Å². The summed E-state index contributed by atoms with van der Waals surface area (Å²) >= 11 is 0. The lowest BCUT2D eigenvalue weighted by Crippen LogP contribution is -2.50. The summed E-state index contributed by atoms with van der Waals surface area (Å²) < 4.78 is 58.4. The molecule has 0 radical (unpaired) electrons. The Morgan fingerprint density at radius 1 is 1.12 bits per heavy atom. The van der Waals surface area contributed by atoms with Gasteiger partial charge >= 0.3 is 0 Å². The molecular weight excluding hydrogens is 366 g/mol. The summed E-state index contributed by atoms with van der Waals surface area (Å²) in [6.07, 6.45) is 2.27. The normalized spacial score (nSPS) is 16.0. The van der Waals surface area contributed by atoms with Gasteiger partial charge in [-0.3, -0.25) is 4.79 Å². The van der Waals surface area contributed by atoms with Crippen molar-refractivity contribution in [3.05, 3.63) is 54.0 Å². The van der Waals surface area contributed by atoms with Gasteiger partial charge in [-0.1, -0.05) is 0 Å². The van der Waals surface area contributed by atoms with Crippen LogP contribution >= 0.6 is 0 Å². The summed E-state index contributed by atoms with van der Waals surface area (Å²) in [5, 5.41) is 0. The number of hydrogen-bond donors (Lipinski definition) is 0. The van der Waals surface area contributed by atoms with Crippen LogP contribution in [0.25, 0.3) is 0 Å². The zero-order valence-electron chi connectivity index (χ0n) is 13.9. The van der Waals surface area contributed by atoms with E-state index in [1.165, 1.54) is 6.26 Å². The topological polar surface area (TPSA) is 70.8 Å². The molecule has 1 saturated heterocycles. The van der Waals surface area contributed by atoms with E-state index in [-0.39, 0.29) is 38.5 Å². The summed E-state index contributed by atoms with van der Waals surface area (Å²) in [7, 11) is -4.15. The number of carbonyl (C=O) groups is 1. The van der Waals surface area contributed by atoms with Crippen molar-refractivity contribution >= 4 is 15.9 Å². The highest BCUT2D eigenvalue weighted by Gasteiger charge is 2.32. The molecule has 3 rings (SSSR count). The van der Waals surface area contributed by atoms with Crippen LogP contribution in [0.3, 0.4) is 0 Å². The van der Waals surface area contributed by atoms with Gasteiger partial charge in [0.2, 0.25) is 15.9 Å². The summed E-state index contributed by atoms with van der Waals surface area (Å²) in [6.45, 7) is 0.468. The molecule has 1 aliphatic rings. The largest absolute Gasteiger partial charge is 0.469 e. The van der Waals surface area contributed by atoms with Crippen LogP contribution in [0, 0.1) is 11.6 Å². The first-order chi connectivity index (χ1) is 12.4. The van der Waals surface area contributed by atoms with E-state index in [4.69, 9.17) is 4.42 Å². The van der Waals surface area contributed by atoms with E-state index in [2.05, 4.69) is 0 Å². The number of aryl methyl sites for hydroxylation is 1. The number of halogens is 2. The highest BCUT2D eigenvalue weighted by Crippen LogP contribution is 2.22. The van der Waals surface area contributed by atoms with E-state index >= 15 is 0 Å². The number of furan rings is 1. The molecule has 6 nitrogen and oxygen atoms in total. The van der Waals surface area contributed by atoms with Gasteiger partial charge in [-0.15, -0.1) is 0 Å². The van der Waals surface area contributed by atoms with Crippen molar-refractivity contribution < 1.29 is 26.4 Å². The Morgan fingerprint density at radius 2 is 1.85 bits per heavy atom. The molecule has 0 saturated carbocycles. The van der Waals surface area contributed by atoms with Crippen LogP contribution in [-0.2, 0) is 21.2 Å². The van der Waals surface area contributed by atoms with Crippen LogP contribution in [0.2, 0.25) is 0 Å². The van der Waals surface area contributed by atoms with Crippen molar-refractivity contribution in [1.29, 1.82) is 0 Å². The first kappa shape index (κ1) is 18.5. The van der Waals surface area contributed by atoms with Gasteiger partial charge in [-0.05, 0) is 30.3 Å². The molecule has 0 unspecified atom stereocenters. The predicted octanol–water partition coefficient (Wildman–Crippen LogP) is 2.02. The quantitative estimate of drug-likeness (QED) is 0.791. The summed E-state index contributed by atoms with van der Waals surface area (Å²) in [5.41, 5.74) is 0. The van der Waals surface area contributed by atoms with E-state index in [0.717, 1.165) is 16.4 Å². The van der Waals surface area contributed by atoms with E-state index in [1.807, 2.05) is 0 Å². The van der Waals surface area contributed by atoms with E-state index in [9.17, 15) is 22.0 Å². The summed E-state index contributed by atoms with van der Waals surface area (Å²) in [6, 6.07) is 5.85. The van der Waals surface area contributed by atoms with Gasteiger partial charge in [0, 0.05) is 39.0 Å². The fraction of sp³-hybridized carbons (Fsp3) is 0.353. The zero-order chi connectivity index (χ0) is 18.7. The summed E-state index contributed by atoms with van der Waals surface area (Å²) in [4.78, 5) is 13.1. The molecule has 2 aromatic rings. The first-order valence-corrected chi connectivity index (χ1v) is 9.57. The fourth-order valence-corrected chi connectivity index (χ4v) is 4.33. The lowest BCUT2D eigenvalue weighted by Gasteiger charge is -2.34. The fourth-order valence-electron chi connectivity index (χ4n) is 2.83. The maximum Gasteiger partial charge on any atom is 0.246 e. The molecule has 0 atom stereocenters. The Hall–Kier alpha value is -2.26. The Labute approximate surface area is 150 Å². The molecule has 0 bridgehead atoms. The number of piperazine rings is 1. The molecule has 1 aliphatic heterocycles. The maximum atomic E-state index is 13.8. The second kappa shape index (κ2) is 7.55. The van der Waals surface area contributed by atoms with Crippen molar-refractivity contribution in [3.8, 4) is 0 Å². The van der Waals surface area contributed by atoms with Gasteiger partial charge in [0.05, 0.1) is 6.26 Å². The third-order valence-corrected chi connectivity index (χ3v) is 6.18. The lowest BCUT2D eigenvalue weighted by atomic mass is 10.2. The first-order valence-electron chi connectivity index (χ1n) is 8.13. The molecule has 2 heterocycles. The molecular formula is C17H18F2N2O4S. The number of rotatable bonds is 5. The second-order valence-electron chi connectivity index (χ2n) is 5.94. The molecule has 0 spiro atoms. The minimum Gasteiger partial charge on any atom is -0.469 e. The molecule has 1 aromatic carbocycles. The SMILES string of the molecule is O=C(CCc1ccco1)N1CCN(S(=O)(=O)c2cc(F)ccc2F)CC1. The molecule has 1 amide bonds. The van der Waals surface area contributed by atoms with E-state index < -0.39 is 26.6 Å². The van der Waals surface area contributed by atoms with Gasteiger partial charge in [0.25, 0.3) is 0 Å². The average molecular weight is 384 g/mol. The minimum atomic E-state index is -4.15. The van der Waals surface area contributed by atoms with Gasteiger partial charge in [-0.25, -0.2) is 17.2 Å². The van der Waals surface area contributed by atoms with Crippen LogP contribution in [0.1, 0.15) is 12.2 Å². The van der Waals surface area contributed by atoms with Crippen molar-refractivity contribution in [3.63, 3.8) is 0 Å². The minimum absolute atomic E-state index is 0.0325. The van der Waals surface area contributed by atoms with Crippen LogP contribution in [-0.4, -0.2) is 49.7 Å². The molecule has 1 fully saturated rings. The van der Waals surface area contributed by atoms with Crippen LogP contribution in [0.4, 0.5) is 8.78 Å². The standard InChI is InChI=1S/C17H18F2N2O4S/c18-13-3-5-15(19)16(12-13)26(23,24)21-9-7-20(8-10-21)17(22)6-4-14-2-1-11-25-14/h1-3,5,11-12H,4,6-10H2. The number of benzene rings is 1. The lowest BCUT2D eigenvalue weighted by molar-refractivity contribution is -0.132. The smallest absolute Gasteiger partial charge is 0.246 e. The number of hydrogen-bond acceptors (Lipinski definition) is 4. The van der Waals surface area contributed by atoms with Crippen LogP contribution < -0.4 is 0 Å². The van der Waals surface area contributed by atoms with Gasteiger partial charge in [0.15, 0.2) is 0 Å². The molecule has 0 aliphatic carbocycles. The summed E-state index contributed by atoms with van der Waals surface area (Å²) in [5.74, 6) is -1.21. The van der Waals surface area contributed by atoms with Crippen molar-refractivity contribution in [1.82, 2.24) is 9.21 Å². The number of carbonyl (C=O) groups excluding carboxylic acids is 1. The molecule has 26 heavy (non-hydrogen) atoms. The number of sulfonamides is 1. The number of amides is 1. The maximum absolute atomic E-state index is 13.8. The predicted molar refractivity (Wildman–Crippen MR) is 88.7 cm³/mol. The Bertz CT molecular complexity index is 876. The monoisotopic (exact) mass is 384 g/mol. The van der Waals surface area contributed by atoms with Crippen LogP contribution in [0.5, 0.6) is 0 Å². The van der Waals surface area contributed by atoms with Crippen molar-refractivity contribution in [2.45, 2.75) is 17.7 Å². The second-order valence-corrected chi connectivity index (χ2v) is 7.85. The molecule has 1 aromatic heterocycles. The third kappa shape index (κ3) is 3.94. The highest BCUT2D eigenvalue weighted by atomic mass is 32.2. The molecule has 140 valence electrons. The van der Waals surface area contributed by atoms with Gasteiger partial charge in [-0.2, -0.15) is 4.31 Å². The third-order valence-electron chi connectivity index (χ3n) is 4.27. The van der Waals surface area contributed by atoms with Gasteiger partial charge < -0.3 is 9.32 Å². The van der Waals surface area contributed by atoms with Crippen LogP contribution in [0.15, 0.2) is 45.9 Å². The van der Waals surface area contributed by atoms with Gasteiger partial charge in [0.1, 0.15) is 22.3 Å². The Kier molecular flexibility index (Phi) is 5.38. The zero-order valence-corrected chi connectivity index (χ0v) is 14.7. The number of nitrogens with zero attached hydrogens (tertiary/aromatic N) is 2. The average Bonchev–Trinajstić information content (AvgIpc) is 3.15. The molecule has 0 N–H and O–H groups in total. The Morgan fingerprint density at radius 3 is 2.50 bits per heavy atom. The highest BCUT2D eigenvalue weighted by molar-refractivity contribution is 7.89. The Balaban J connectivity index is 1.60. The van der Waals surface area contributed by atoms with Crippen molar-refractivity contribution in [2.75, 3.05) is 26.2 Å². The van der Waals surface area contributed by atoms with Crippen molar-refractivity contribution in [2.24, 2.45) is 0 Å². The van der Waals surface area contributed by atoms with E-state index in [0.29, 0.717) is 18.2 Å². The molecule has 9 heteroatoms.